The molecule has 4 heteroatoms. The molecule has 0 fully saturated rings. The van der Waals surface area contributed by atoms with Crippen molar-refractivity contribution in [3.8, 4) is 0 Å². The molecule has 1 amide bonds. The van der Waals surface area contributed by atoms with Crippen LogP contribution < -0.4 is 10.6 Å². The zero-order valence-electron chi connectivity index (χ0n) is 13.6. The second-order valence-electron chi connectivity index (χ2n) is 6.96. The highest BCUT2D eigenvalue weighted by molar-refractivity contribution is 5.84. The third kappa shape index (κ3) is 4.29. The van der Waals surface area contributed by atoms with Crippen LogP contribution in [0.5, 0.6) is 0 Å². The molecule has 4 nitrogen and oxygen atoms in total. The number of carbonyl (C=O) groups excluding carboxylic acids is 1. The Bertz CT molecular complexity index is 497. The van der Waals surface area contributed by atoms with E-state index in [2.05, 4.69) is 55.6 Å². The van der Waals surface area contributed by atoms with Crippen molar-refractivity contribution in [2.24, 2.45) is 5.41 Å². The average Bonchev–Trinajstić information content (AvgIpc) is 2.43. The molecule has 1 aliphatic heterocycles. The second-order valence-corrected chi connectivity index (χ2v) is 6.96. The predicted molar refractivity (Wildman–Crippen MR) is 86.2 cm³/mol. The van der Waals surface area contributed by atoms with Gasteiger partial charge in [-0.05, 0) is 37.1 Å². The number of fused-ring (bicyclic) bond motifs is 1. The van der Waals surface area contributed by atoms with Crippen molar-refractivity contribution in [1.29, 1.82) is 0 Å². The Balaban J connectivity index is 1.99. The second kappa shape index (κ2) is 6.58. The first kappa shape index (κ1) is 16.0. The molecule has 21 heavy (non-hydrogen) atoms. The fourth-order valence-electron chi connectivity index (χ4n) is 3.08. The molecule has 2 N–H and O–H groups in total. The topological polar surface area (TPSA) is 44.4 Å². The van der Waals surface area contributed by atoms with Gasteiger partial charge in [0.25, 0.3) is 0 Å². The van der Waals surface area contributed by atoms with Gasteiger partial charge >= 0.3 is 0 Å². The molecule has 0 radical (unpaired) electrons. The van der Waals surface area contributed by atoms with Crippen molar-refractivity contribution >= 4 is 5.91 Å². The van der Waals surface area contributed by atoms with Gasteiger partial charge in [-0.15, -0.1) is 0 Å². The first-order valence-corrected chi connectivity index (χ1v) is 7.63. The molecular weight excluding hydrogens is 262 g/mol. The van der Waals surface area contributed by atoms with Crippen molar-refractivity contribution in [3.63, 3.8) is 0 Å². The summed E-state index contributed by atoms with van der Waals surface area (Å²) in [4.78, 5) is 14.7. The highest BCUT2D eigenvalue weighted by Gasteiger charge is 2.27. The summed E-state index contributed by atoms with van der Waals surface area (Å²) in [6, 6.07) is 8.00. The highest BCUT2D eigenvalue weighted by atomic mass is 16.2. The van der Waals surface area contributed by atoms with Gasteiger partial charge in [0.15, 0.2) is 0 Å². The normalized spacial score (nSPS) is 18.4. The summed E-state index contributed by atoms with van der Waals surface area (Å²) in [5.74, 6) is 0.0778. The number of hydrogen-bond acceptors (Lipinski definition) is 3. The fourth-order valence-corrected chi connectivity index (χ4v) is 3.08. The third-order valence-corrected chi connectivity index (χ3v) is 3.86. The molecule has 0 saturated carbocycles. The molecule has 0 saturated heterocycles. The van der Waals surface area contributed by atoms with Crippen molar-refractivity contribution in [2.45, 2.75) is 26.3 Å². The van der Waals surface area contributed by atoms with Gasteiger partial charge in [-0.3, -0.25) is 4.79 Å². The van der Waals surface area contributed by atoms with Crippen LogP contribution in [0.2, 0.25) is 0 Å². The summed E-state index contributed by atoms with van der Waals surface area (Å²) >= 11 is 0. The van der Waals surface area contributed by atoms with Crippen LogP contribution in [0, 0.1) is 5.41 Å². The maximum atomic E-state index is 12.5. The summed E-state index contributed by atoms with van der Waals surface area (Å²) in [5.41, 5.74) is 2.46. The van der Waals surface area contributed by atoms with Crippen LogP contribution in [0.25, 0.3) is 0 Å². The summed E-state index contributed by atoms with van der Waals surface area (Å²) < 4.78 is 0. The number of nitrogens with zero attached hydrogens (tertiary/aromatic N) is 1. The minimum atomic E-state index is -0.217. The Labute approximate surface area is 127 Å². The van der Waals surface area contributed by atoms with E-state index in [0.717, 1.165) is 25.1 Å². The van der Waals surface area contributed by atoms with Gasteiger partial charge < -0.3 is 15.5 Å². The Kier molecular flexibility index (Phi) is 5.01. The Morgan fingerprint density at radius 3 is 2.81 bits per heavy atom. The molecule has 0 bridgehead atoms. The Morgan fingerprint density at radius 2 is 2.10 bits per heavy atom. The molecular formula is C17H27N3O. The SMILES string of the molecule is CN(C)CC(C)(C)CNC(=O)C1NCCc2ccccc21. The van der Waals surface area contributed by atoms with E-state index in [4.69, 9.17) is 0 Å². The average molecular weight is 289 g/mol. The van der Waals surface area contributed by atoms with Gasteiger partial charge in [-0.25, -0.2) is 0 Å². The number of nitrogens with one attached hydrogen (secondary N) is 2. The molecule has 2 rings (SSSR count). The summed E-state index contributed by atoms with van der Waals surface area (Å²) in [6.45, 7) is 6.84. The number of hydrogen-bond donors (Lipinski definition) is 2. The van der Waals surface area contributed by atoms with E-state index in [1.165, 1.54) is 5.56 Å². The van der Waals surface area contributed by atoms with Crippen LogP contribution in [0.15, 0.2) is 24.3 Å². The van der Waals surface area contributed by atoms with Gasteiger partial charge in [0.2, 0.25) is 5.91 Å². The van der Waals surface area contributed by atoms with E-state index in [1.807, 2.05) is 12.1 Å². The zero-order chi connectivity index (χ0) is 15.5. The standard InChI is InChI=1S/C17H27N3O/c1-17(2,12-20(3)4)11-19-16(21)15-14-8-6-5-7-13(14)9-10-18-15/h5-8,15,18H,9-12H2,1-4H3,(H,19,21). The summed E-state index contributed by atoms with van der Waals surface area (Å²) in [6.07, 6.45) is 0.992. The van der Waals surface area contributed by atoms with E-state index in [9.17, 15) is 4.79 Å². The van der Waals surface area contributed by atoms with Crippen LogP contribution in [0.4, 0.5) is 0 Å². The zero-order valence-corrected chi connectivity index (χ0v) is 13.6. The summed E-state index contributed by atoms with van der Waals surface area (Å²) in [7, 11) is 4.12. The smallest absolute Gasteiger partial charge is 0.241 e. The minimum absolute atomic E-state index is 0.0628. The van der Waals surface area contributed by atoms with E-state index >= 15 is 0 Å². The van der Waals surface area contributed by atoms with Gasteiger partial charge in [-0.2, -0.15) is 0 Å². The lowest BCUT2D eigenvalue weighted by Crippen LogP contribution is -2.45. The number of rotatable bonds is 5. The number of carbonyl (C=O) groups is 1. The molecule has 1 unspecified atom stereocenters. The molecule has 0 spiro atoms. The quantitative estimate of drug-likeness (QED) is 0.865. The molecule has 0 aliphatic carbocycles. The molecule has 1 aromatic rings. The lowest BCUT2D eigenvalue weighted by atomic mass is 9.91. The lowest BCUT2D eigenvalue weighted by molar-refractivity contribution is -0.123. The van der Waals surface area contributed by atoms with E-state index < -0.39 is 0 Å². The minimum Gasteiger partial charge on any atom is -0.354 e. The van der Waals surface area contributed by atoms with Crippen LogP contribution in [0.1, 0.15) is 31.0 Å². The third-order valence-electron chi connectivity index (χ3n) is 3.86. The van der Waals surface area contributed by atoms with Crippen molar-refractivity contribution in [1.82, 2.24) is 15.5 Å². The van der Waals surface area contributed by atoms with Crippen LogP contribution in [-0.4, -0.2) is 44.5 Å². The molecule has 1 heterocycles. The van der Waals surface area contributed by atoms with Gasteiger partial charge in [0.05, 0.1) is 0 Å². The maximum absolute atomic E-state index is 12.5. The molecule has 116 valence electrons. The van der Waals surface area contributed by atoms with Crippen molar-refractivity contribution in [3.05, 3.63) is 35.4 Å². The van der Waals surface area contributed by atoms with Crippen molar-refractivity contribution in [2.75, 3.05) is 33.7 Å². The summed E-state index contributed by atoms with van der Waals surface area (Å²) in [5, 5.41) is 6.44. The highest BCUT2D eigenvalue weighted by Crippen LogP contribution is 2.23. The van der Waals surface area contributed by atoms with Crippen LogP contribution in [-0.2, 0) is 11.2 Å². The van der Waals surface area contributed by atoms with Crippen LogP contribution >= 0.6 is 0 Å². The van der Waals surface area contributed by atoms with Gasteiger partial charge in [0.1, 0.15) is 6.04 Å². The van der Waals surface area contributed by atoms with Crippen molar-refractivity contribution < 1.29 is 4.79 Å². The molecule has 1 aliphatic rings. The molecule has 1 aromatic carbocycles. The van der Waals surface area contributed by atoms with E-state index in [-0.39, 0.29) is 17.4 Å². The predicted octanol–water partition coefficient (Wildman–Crippen LogP) is 1.58. The Hall–Kier alpha value is -1.39. The van der Waals surface area contributed by atoms with E-state index in [0.29, 0.717) is 6.54 Å². The number of amides is 1. The largest absolute Gasteiger partial charge is 0.354 e. The first-order valence-electron chi connectivity index (χ1n) is 7.63. The molecule has 1 atom stereocenters. The number of benzene rings is 1. The molecule has 0 aromatic heterocycles. The maximum Gasteiger partial charge on any atom is 0.241 e. The fraction of sp³-hybridized carbons (Fsp3) is 0.588. The lowest BCUT2D eigenvalue weighted by Gasteiger charge is -2.31. The van der Waals surface area contributed by atoms with Gasteiger partial charge in [-0.1, -0.05) is 38.1 Å². The van der Waals surface area contributed by atoms with Gasteiger partial charge in [0, 0.05) is 19.6 Å². The van der Waals surface area contributed by atoms with E-state index in [1.54, 1.807) is 0 Å². The monoisotopic (exact) mass is 289 g/mol. The first-order chi connectivity index (χ1) is 9.89. The Morgan fingerprint density at radius 1 is 1.38 bits per heavy atom. The van der Waals surface area contributed by atoms with Crippen LogP contribution in [0.3, 0.4) is 0 Å².